The standard InChI is InChI=1S/C39H43N7O5/c1-39(2,3)51-38(49)44-33(37(48)50-4)21-28-22-34(45(24-29-13-5-9-17-40-29)25-30-14-6-10-18-41-30)36(47)35(23-28)46(26-31-15-7-11-19-42-31)27-32-16-8-12-20-43-32/h5-20,22-23,33,47H,21,24-27H2,1-4H3,(H,44,49)/t33-/m0/s1. The summed E-state index contributed by atoms with van der Waals surface area (Å²) in [5, 5.41) is 15.0. The molecule has 0 aliphatic rings. The van der Waals surface area contributed by atoms with Crippen molar-refractivity contribution in [3.8, 4) is 5.75 Å². The van der Waals surface area contributed by atoms with Crippen LogP contribution in [0.5, 0.6) is 5.75 Å². The topological polar surface area (TPSA) is 143 Å². The normalized spacial score (nSPS) is 11.7. The minimum atomic E-state index is -1.09. The zero-order valence-corrected chi connectivity index (χ0v) is 29.3. The van der Waals surface area contributed by atoms with Crippen molar-refractivity contribution < 1.29 is 24.2 Å². The van der Waals surface area contributed by atoms with E-state index in [9.17, 15) is 14.7 Å². The first kappa shape index (κ1) is 36.2. The fourth-order valence-corrected chi connectivity index (χ4v) is 5.48. The highest BCUT2D eigenvalue weighted by Gasteiger charge is 2.28. The van der Waals surface area contributed by atoms with Crippen LogP contribution in [-0.4, -0.2) is 55.9 Å². The highest BCUT2D eigenvalue weighted by Crippen LogP contribution is 2.41. The van der Waals surface area contributed by atoms with Crippen molar-refractivity contribution in [2.24, 2.45) is 0 Å². The maximum absolute atomic E-state index is 13.1. The van der Waals surface area contributed by atoms with Crippen LogP contribution in [0.2, 0.25) is 0 Å². The maximum Gasteiger partial charge on any atom is 0.408 e. The molecule has 0 aliphatic carbocycles. The molecule has 4 aromatic heterocycles. The molecule has 0 spiro atoms. The lowest BCUT2D eigenvalue weighted by Gasteiger charge is -2.31. The van der Waals surface area contributed by atoms with Crippen molar-refractivity contribution in [1.29, 1.82) is 0 Å². The van der Waals surface area contributed by atoms with Crippen LogP contribution >= 0.6 is 0 Å². The molecule has 1 amide bonds. The van der Waals surface area contributed by atoms with Gasteiger partial charge in [-0.15, -0.1) is 0 Å². The quantitative estimate of drug-likeness (QED) is 0.133. The van der Waals surface area contributed by atoms with Crippen LogP contribution in [0.1, 0.15) is 49.1 Å². The van der Waals surface area contributed by atoms with Crippen molar-refractivity contribution in [3.63, 3.8) is 0 Å². The molecule has 5 aromatic rings. The monoisotopic (exact) mass is 689 g/mol. The number of carbonyl (C=O) groups is 2. The van der Waals surface area contributed by atoms with E-state index in [0.29, 0.717) is 43.1 Å². The van der Waals surface area contributed by atoms with Gasteiger partial charge in [0.2, 0.25) is 0 Å². The minimum absolute atomic E-state index is 0.00666. The number of phenols is 1. The number of benzene rings is 1. The summed E-state index contributed by atoms with van der Waals surface area (Å²) in [6.07, 6.45) is 6.17. The summed E-state index contributed by atoms with van der Waals surface area (Å²) in [7, 11) is 1.27. The van der Waals surface area contributed by atoms with Crippen LogP contribution < -0.4 is 15.1 Å². The Labute approximate surface area is 298 Å². The third-order valence-corrected chi connectivity index (χ3v) is 7.74. The Balaban J connectivity index is 1.65. The largest absolute Gasteiger partial charge is 0.504 e. The molecule has 1 atom stereocenters. The van der Waals surface area contributed by atoms with E-state index in [2.05, 4.69) is 25.3 Å². The lowest BCUT2D eigenvalue weighted by atomic mass is 10.0. The van der Waals surface area contributed by atoms with Crippen molar-refractivity contribution in [1.82, 2.24) is 25.3 Å². The first-order valence-electron chi connectivity index (χ1n) is 16.6. The van der Waals surface area contributed by atoms with Gasteiger partial charge < -0.3 is 29.7 Å². The van der Waals surface area contributed by atoms with Crippen molar-refractivity contribution >= 4 is 23.4 Å². The van der Waals surface area contributed by atoms with Gasteiger partial charge in [-0.2, -0.15) is 0 Å². The molecule has 0 fully saturated rings. The number of amides is 1. The number of esters is 1. The van der Waals surface area contributed by atoms with Gasteiger partial charge in [0.25, 0.3) is 0 Å². The number of anilines is 2. The van der Waals surface area contributed by atoms with Crippen molar-refractivity contribution in [3.05, 3.63) is 138 Å². The number of phenolic OH excluding ortho intramolecular Hbond substituents is 1. The molecule has 2 N–H and O–H groups in total. The predicted octanol–water partition coefficient (Wildman–Crippen LogP) is 5.99. The van der Waals surface area contributed by atoms with Gasteiger partial charge in [0.15, 0.2) is 5.75 Å². The second-order valence-corrected chi connectivity index (χ2v) is 12.9. The van der Waals surface area contributed by atoms with E-state index >= 15 is 0 Å². The number of ether oxygens (including phenoxy) is 2. The summed E-state index contributed by atoms with van der Waals surface area (Å²) < 4.78 is 10.6. The molecular weight excluding hydrogens is 646 g/mol. The van der Waals surface area contributed by atoms with Gasteiger partial charge >= 0.3 is 12.1 Å². The fourth-order valence-electron chi connectivity index (χ4n) is 5.48. The summed E-state index contributed by atoms with van der Waals surface area (Å²) in [6, 6.07) is 25.2. The van der Waals surface area contributed by atoms with Crippen LogP contribution in [0.3, 0.4) is 0 Å². The SMILES string of the molecule is COC(=O)[C@H](Cc1cc(N(Cc2ccccn2)Cc2ccccn2)c(O)c(N(Cc2ccccn2)Cc2ccccn2)c1)NC(=O)OC(C)(C)C. The van der Waals surface area contributed by atoms with Crippen LogP contribution in [0.25, 0.3) is 0 Å². The first-order valence-corrected chi connectivity index (χ1v) is 16.6. The van der Waals surface area contributed by atoms with Crippen LogP contribution in [0.4, 0.5) is 16.2 Å². The molecule has 0 radical (unpaired) electrons. The Morgan fingerprint density at radius 3 is 1.41 bits per heavy atom. The maximum atomic E-state index is 13.1. The van der Waals surface area contributed by atoms with Gasteiger partial charge in [-0.3, -0.25) is 19.9 Å². The summed E-state index contributed by atoms with van der Waals surface area (Å²) in [5.41, 5.74) is 3.92. The zero-order valence-electron chi connectivity index (χ0n) is 29.3. The van der Waals surface area contributed by atoms with E-state index in [4.69, 9.17) is 9.47 Å². The molecule has 1 aromatic carbocycles. The first-order chi connectivity index (χ1) is 24.6. The van der Waals surface area contributed by atoms with Crippen LogP contribution in [0.15, 0.2) is 110 Å². The number of methoxy groups -OCH3 is 1. The Bertz CT molecular complexity index is 1670. The summed E-state index contributed by atoms with van der Waals surface area (Å²) in [5.74, 6) is -0.637. The molecule has 0 bridgehead atoms. The van der Waals surface area contributed by atoms with Gasteiger partial charge in [0.05, 0.1) is 67.4 Å². The van der Waals surface area contributed by atoms with Crippen molar-refractivity contribution in [2.45, 2.75) is 65.0 Å². The number of aromatic hydroxyl groups is 1. The van der Waals surface area contributed by atoms with E-state index in [1.807, 2.05) is 94.7 Å². The van der Waals surface area contributed by atoms with E-state index in [0.717, 1.165) is 22.8 Å². The second-order valence-electron chi connectivity index (χ2n) is 12.9. The molecule has 0 saturated carbocycles. The summed E-state index contributed by atoms with van der Waals surface area (Å²) in [4.78, 5) is 48.2. The summed E-state index contributed by atoms with van der Waals surface area (Å²) in [6.45, 7) is 6.58. The number of hydrogen-bond acceptors (Lipinski definition) is 11. The third kappa shape index (κ3) is 10.7. The van der Waals surface area contributed by atoms with Crippen molar-refractivity contribution in [2.75, 3.05) is 16.9 Å². The molecule has 0 saturated heterocycles. The molecule has 0 aliphatic heterocycles. The number of hydrogen-bond donors (Lipinski definition) is 2. The van der Waals surface area contributed by atoms with E-state index < -0.39 is 23.7 Å². The number of carbonyl (C=O) groups excluding carboxylic acids is 2. The molecule has 4 heterocycles. The van der Waals surface area contributed by atoms with Gasteiger partial charge in [-0.05, 0) is 87.0 Å². The molecule has 0 unspecified atom stereocenters. The Hall–Kier alpha value is -6.04. The highest BCUT2D eigenvalue weighted by atomic mass is 16.6. The van der Waals surface area contributed by atoms with Gasteiger partial charge in [0.1, 0.15) is 11.6 Å². The molecule has 12 heteroatoms. The van der Waals surface area contributed by atoms with E-state index in [1.54, 1.807) is 45.6 Å². The number of alkyl carbamates (subject to hydrolysis) is 1. The van der Waals surface area contributed by atoms with E-state index in [1.165, 1.54) is 7.11 Å². The number of rotatable bonds is 14. The highest BCUT2D eigenvalue weighted by molar-refractivity contribution is 5.82. The van der Waals surface area contributed by atoms with Gasteiger partial charge in [-0.25, -0.2) is 9.59 Å². The molecular formula is C39H43N7O5. The zero-order chi connectivity index (χ0) is 36.2. The fraction of sp³-hybridized carbons (Fsp3) is 0.282. The third-order valence-electron chi connectivity index (χ3n) is 7.74. The average molecular weight is 690 g/mol. The van der Waals surface area contributed by atoms with Gasteiger partial charge in [-0.1, -0.05) is 24.3 Å². The van der Waals surface area contributed by atoms with Crippen LogP contribution in [-0.2, 0) is 46.9 Å². The lowest BCUT2D eigenvalue weighted by molar-refractivity contribution is -0.143. The van der Waals surface area contributed by atoms with E-state index in [-0.39, 0.29) is 12.2 Å². The predicted molar refractivity (Wildman–Crippen MR) is 194 cm³/mol. The number of pyridine rings is 4. The Kier molecular flexibility index (Phi) is 12.1. The molecule has 51 heavy (non-hydrogen) atoms. The number of nitrogens with zero attached hydrogens (tertiary/aromatic N) is 6. The smallest absolute Gasteiger partial charge is 0.408 e. The minimum Gasteiger partial charge on any atom is -0.504 e. The summed E-state index contributed by atoms with van der Waals surface area (Å²) >= 11 is 0. The molecule has 264 valence electrons. The number of aromatic nitrogens is 4. The van der Waals surface area contributed by atoms with Gasteiger partial charge in [0, 0.05) is 31.2 Å². The Morgan fingerprint density at radius 2 is 1.10 bits per heavy atom. The molecule has 5 rings (SSSR count). The second kappa shape index (κ2) is 17.1. The molecule has 12 nitrogen and oxygen atoms in total. The van der Waals surface area contributed by atoms with Crippen LogP contribution in [0, 0.1) is 0 Å². The average Bonchev–Trinajstić information content (AvgIpc) is 3.12. The Morgan fingerprint density at radius 1 is 0.706 bits per heavy atom. The lowest BCUT2D eigenvalue weighted by Crippen LogP contribution is -2.45. The number of nitrogens with one attached hydrogen (secondary N) is 1.